The zero-order valence-corrected chi connectivity index (χ0v) is 12.2. The van der Waals surface area contributed by atoms with Crippen molar-refractivity contribution in [3.05, 3.63) is 0 Å². The van der Waals surface area contributed by atoms with Crippen molar-refractivity contribution in [2.24, 2.45) is 11.7 Å². The van der Waals surface area contributed by atoms with Crippen molar-refractivity contribution in [2.45, 2.75) is 64.5 Å². The van der Waals surface area contributed by atoms with Crippen molar-refractivity contribution in [3.63, 3.8) is 0 Å². The second-order valence-electron chi connectivity index (χ2n) is 5.77. The van der Waals surface area contributed by atoms with E-state index in [4.69, 9.17) is 10.5 Å². The number of nitrogens with two attached hydrogens (primary N) is 1. The Morgan fingerprint density at radius 3 is 2.39 bits per heavy atom. The van der Waals surface area contributed by atoms with Gasteiger partial charge in [-0.3, -0.25) is 0 Å². The minimum absolute atomic E-state index is 0.0817. The molecule has 0 aromatic carbocycles. The monoisotopic (exact) mass is 256 g/mol. The van der Waals surface area contributed by atoms with Crippen molar-refractivity contribution >= 4 is 6.09 Å². The molecule has 0 heterocycles. The van der Waals surface area contributed by atoms with Crippen LogP contribution >= 0.6 is 0 Å². The lowest BCUT2D eigenvalue weighted by Crippen LogP contribution is -2.56. The number of carbonyl (C=O) groups excluding carboxylic acids is 1. The molecule has 106 valence electrons. The zero-order valence-electron chi connectivity index (χ0n) is 12.2. The second-order valence-corrected chi connectivity index (χ2v) is 5.77. The molecule has 0 aliphatic heterocycles. The molecule has 1 aliphatic carbocycles. The van der Waals surface area contributed by atoms with Crippen LogP contribution in [0.25, 0.3) is 0 Å². The summed E-state index contributed by atoms with van der Waals surface area (Å²) >= 11 is 0. The van der Waals surface area contributed by atoms with Crippen LogP contribution in [-0.4, -0.2) is 36.2 Å². The average molecular weight is 256 g/mol. The number of rotatable bonds is 4. The Morgan fingerprint density at radius 2 is 2.00 bits per heavy atom. The first kappa shape index (κ1) is 15.3. The van der Waals surface area contributed by atoms with E-state index in [-0.39, 0.29) is 17.7 Å². The van der Waals surface area contributed by atoms with Gasteiger partial charge in [-0.25, -0.2) is 4.79 Å². The number of amides is 1. The minimum Gasteiger partial charge on any atom is -0.447 e. The van der Waals surface area contributed by atoms with Gasteiger partial charge in [0.25, 0.3) is 0 Å². The lowest BCUT2D eigenvalue weighted by atomic mass is 9.75. The Labute approximate surface area is 111 Å². The summed E-state index contributed by atoms with van der Waals surface area (Å²) < 4.78 is 5.28. The summed E-state index contributed by atoms with van der Waals surface area (Å²) in [6.07, 6.45) is 5.20. The molecule has 0 aromatic rings. The molecular formula is C14H28N2O2. The van der Waals surface area contributed by atoms with Crippen LogP contribution in [0.3, 0.4) is 0 Å². The number of likely N-dealkylation sites (N-methyl/N-ethyl adjacent to an activating group) is 1. The number of carbonyl (C=O) groups is 1. The lowest BCUT2D eigenvalue weighted by Gasteiger charge is -2.45. The van der Waals surface area contributed by atoms with E-state index in [0.717, 1.165) is 31.6 Å². The van der Waals surface area contributed by atoms with Crippen molar-refractivity contribution in [1.82, 2.24) is 4.90 Å². The third-order valence-corrected chi connectivity index (χ3v) is 4.32. The molecule has 2 N–H and O–H groups in total. The SMILES string of the molecule is CCC1CCC(CN)(N(C)C(=O)OC(C)C)CC1. The van der Waals surface area contributed by atoms with Gasteiger partial charge in [0.2, 0.25) is 0 Å². The van der Waals surface area contributed by atoms with Crippen molar-refractivity contribution in [2.75, 3.05) is 13.6 Å². The fourth-order valence-corrected chi connectivity index (χ4v) is 2.77. The van der Waals surface area contributed by atoms with Crippen molar-refractivity contribution in [1.29, 1.82) is 0 Å². The van der Waals surface area contributed by atoms with Crippen LogP contribution in [-0.2, 0) is 4.74 Å². The normalized spacial score (nSPS) is 28.2. The van der Waals surface area contributed by atoms with Gasteiger partial charge in [-0.15, -0.1) is 0 Å². The molecule has 18 heavy (non-hydrogen) atoms. The van der Waals surface area contributed by atoms with E-state index < -0.39 is 0 Å². The molecule has 1 rings (SSSR count). The molecule has 0 aromatic heterocycles. The minimum atomic E-state index is -0.245. The summed E-state index contributed by atoms with van der Waals surface area (Å²) in [4.78, 5) is 13.8. The van der Waals surface area contributed by atoms with Crippen molar-refractivity contribution in [3.8, 4) is 0 Å². The highest BCUT2D eigenvalue weighted by Crippen LogP contribution is 2.36. The summed E-state index contributed by atoms with van der Waals surface area (Å²) in [5.74, 6) is 0.791. The largest absolute Gasteiger partial charge is 0.447 e. The highest BCUT2D eigenvalue weighted by Gasteiger charge is 2.40. The van der Waals surface area contributed by atoms with Crippen molar-refractivity contribution < 1.29 is 9.53 Å². The summed E-state index contributed by atoms with van der Waals surface area (Å²) in [6.45, 7) is 6.49. The maximum Gasteiger partial charge on any atom is 0.410 e. The summed E-state index contributed by atoms with van der Waals surface area (Å²) in [5, 5.41) is 0. The van der Waals surface area contributed by atoms with Gasteiger partial charge >= 0.3 is 6.09 Å². The van der Waals surface area contributed by atoms with E-state index in [0.29, 0.717) is 6.54 Å². The molecule has 0 bridgehead atoms. The van der Waals surface area contributed by atoms with Gasteiger partial charge < -0.3 is 15.4 Å². The van der Waals surface area contributed by atoms with E-state index in [9.17, 15) is 4.79 Å². The third kappa shape index (κ3) is 3.37. The smallest absolute Gasteiger partial charge is 0.410 e. The Bertz CT molecular complexity index is 271. The molecular weight excluding hydrogens is 228 g/mol. The molecule has 4 heteroatoms. The Hall–Kier alpha value is -0.770. The first-order valence-corrected chi connectivity index (χ1v) is 7.09. The van der Waals surface area contributed by atoms with Crippen LogP contribution in [0.2, 0.25) is 0 Å². The standard InChI is InChI=1S/C14H28N2O2/c1-5-12-6-8-14(10-15,9-7-12)16(4)13(17)18-11(2)3/h11-12H,5-10,15H2,1-4H3. The van der Waals surface area contributed by atoms with E-state index in [1.807, 2.05) is 20.9 Å². The summed E-state index contributed by atoms with van der Waals surface area (Å²) in [5.41, 5.74) is 5.75. The summed E-state index contributed by atoms with van der Waals surface area (Å²) in [6, 6.07) is 0. The van der Waals surface area contributed by atoms with Gasteiger partial charge in [-0.2, -0.15) is 0 Å². The molecule has 1 fully saturated rings. The molecule has 0 atom stereocenters. The third-order valence-electron chi connectivity index (χ3n) is 4.32. The van der Waals surface area contributed by atoms with E-state index >= 15 is 0 Å². The molecule has 0 radical (unpaired) electrons. The predicted octanol–water partition coefficient (Wildman–Crippen LogP) is 2.76. The molecule has 4 nitrogen and oxygen atoms in total. The molecule has 0 saturated heterocycles. The topological polar surface area (TPSA) is 55.6 Å². The molecule has 1 saturated carbocycles. The zero-order chi connectivity index (χ0) is 13.8. The van der Waals surface area contributed by atoms with Gasteiger partial charge in [-0.05, 0) is 45.4 Å². The Balaban J connectivity index is 2.67. The van der Waals surface area contributed by atoms with Crippen LogP contribution in [0.5, 0.6) is 0 Å². The van der Waals surface area contributed by atoms with Crippen LogP contribution < -0.4 is 5.73 Å². The van der Waals surface area contributed by atoms with Crippen LogP contribution in [0.15, 0.2) is 0 Å². The first-order valence-electron chi connectivity index (χ1n) is 7.09. The quantitative estimate of drug-likeness (QED) is 0.841. The van der Waals surface area contributed by atoms with Gasteiger partial charge in [0, 0.05) is 13.6 Å². The van der Waals surface area contributed by atoms with Crippen LogP contribution in [0, 0.1) is 5.92 Å². The Morgan fingerprint density at radius 1 is 1.44 bits per heavy atom. The Kier molecular flexibility index (Phi) is 5.45. The fraction of sp³-hybridized carbons (Fsp3) is 0.929. The maximum absolute atomic E-state index is 12.0. The van der Waals surface area contributed by atoms with Gasteiger partial charge in [0.15, 0.2) is 0 Å². The lowest BCUT2D eigenvalue weighted by molar-refractivity contribution is 0.0263. The molecule has 0 unspecified atom stereocenters. The molecule has 0 spiro atoms. The van der Waals surface area contributed by atoms with Gasteiger partial charge in [0.1, 0.15) is 0 Å². The highest BCUT2D eigenvalue weighted by atomic mass is 16.6. The molecule has 1 amide bonds. The van der Waals surface area contributed by atoms with Crippen LogP contribution in [0.1, 0.15) is 52.9 Å². The van der Waals surface area contributed by atoms with E-state index in [2.05, 4.69) is 6.92 Å². The predicted molar refractivity (Wildman–Crippen MR) is 73.4 cm³/mol. The van der Waals surface area contributed by atoms with Crippen LogP contribution in [0.4, 0.5) is 4.79 Å². The van der Waals surface area contributed by atoms with E-state index in [1.54, 1.807) is 4.90 Å². The number of ether oxygens (including phenoxy) is 1. The van der Waals surface area contributed by atoms with Gasteiger partial charge in [0.05, 0.1) is 11.6 Å². The number of hydrogen-bond acceptors (Lipinski definition) is 3. The van der Waals surface area contributed by atoms with Gasteiger partial charge in [-0.1, -0.05) is 13.3 Å². The first-order chi connectivity index (χ1) is 8.45. The molecule has 1 aliphatic rings. The number of hydrogen-bond donors (Lipinski definition) is 1. The average Bonchev–Trinajstić information content (AvgIpc) is 2.37. The maximum atomic E-state index is 12.0. The van der Waals surface area contributed by atoms with E-state index in [1.165, 1.54) is 6.42 Å². The number of nitrogens with zero attached hydrogens (tertiary/aromatic N) is 1. The second kappa shape index (κ2) is 6.41. The summed E-state index contributed by atoms with van der Waals surface area (Å²) in [7, 11) is 1.82. The fourth-order valence-electron chi connectivity index (χ4n) is 2.77. The highest BCUT2D eigenvalue weighted by molar-refractivity contribution is 5.68.